The molecule has 3 nitrogen and oxygen atoms in total. The lowest BCUT2D eigenvalue weighted by molar-refractivity contribution is 0.144. The van der Waals surface area contributed by atoms with Gasteiger partial charge >= 0.3 is 0 Å². The molecule has 0 saturated heterocycles. The van der Waals surface area contributed by atoms with Gasteiger partial charge in [-0.2, -0.15) is 0 Å². The Morgan fingerprint density at radius 2 is 2.00 bits per heavy atom. The minimum Gasteiger partial charge on any atom is -0.397 e. The van der Waals surface area contributed by atoms with Crippen LogP contribution in [-0.2, 0) is 0 Å². The van der Waals surface area contributed by atoms with E-state index in [1.807, 2.05) is 18.2 Å². The summed E-state index contributed by atoms with van der Waals surface area (Å²) in [4.78, 5) is 0. The first-order chi connectivity index (χ1) is 8.16. The van der Waals surface area contributed by atoms with Crippen LogP contribution in [-0.4, -0.2) is 17.3 Å². The third kappa shape index (κ3) is 3.36. The van der Waals surface area contributed by atoms with Crippen LogP contribution in [0.15, 0.2) is 22.7 Å². The van der Waals surface area contributed by atoms with Gasteiger partial charge in [-0.1, -0.05) is 35.2 Å². The van der Waals surface area contributed by atoms with E-state index in [1.165, 1.54) is 12.8 Å². The molecule has 1 fully saturated rings. The molecule has 0 amide bonds. The lowest BCUT2D eigenvalue weighted by atomic mass is 10.1. The van der Waals surface area contributed by atoms with Gasteiger partial charge in [0.1, 0.15) is 0 Å². The third-order valence-corrected chi connectivity index (χ3v) is 3.83. The van der Waals surface area contributed by atoms with Crippen LogP contribution in [0.25, 0.3) is 0 Å². The van der Waals surface area contributed by atoms with Crippen molar-refractivity contribution in [1.82, 2.24) is 0 Å². The lowest BCUT2D eigenvalue weighted by Gasteiger charge is -2.23. The predicted molar refractivity (Wildman–Crippen MR) is 75.1 cm³/mol. The smallest absolute Gasteiger partial charge is 0.0741 e. The zero-order valence-corrected chi connectivity index (χ0v) is 11.4. The van der Waals surface area contributed by atoms with Gasteiger partial charge in [0.05, 0.1) is 23.5 Å². The quantitative estimate of drug-likeness (QED) is 0.581. The van der Waals surface area contributed by atoms with Crippen LogP contribution in [0.2, 0.25) is 0 Å². The molecular weight excluding hydrogens is 280 g/mol. The molecule has 4 N–H and O–H groups in total. The summed E-state index contributed by atoms with van der Waals surface area (Å²) in [6.45, 7) is 0. The Morgan fingerprint density at radius 1 is 1.24 bits per heavy atom. The van der Waals surface area contributed by atoms with Crippen molar-refractivity contribution in [2.45, 2.75) is 44.2 Å². The summed E-state index contributed by atoms with van der Waals surface area (Å²) < 4.78 is 0.998. The van der Waals surface area contributed by atoms with Crippen LogP contribution in [0.4, 0.5) is 11.4 Å². The Kier molecular flexibility index (Phi) is 4.29. The van der Waals surface area contributed by atoms with E-state index in [0.717, 1.165) is 35.1 Å². The maximum absolute atomic E-state index is 10.1. The van der Waals surface area contributed by atoms with Gasteiger partial charge in [0.25, 0.3) is 0 Å². The fraction of sp³-hybridized carbons (Fsp3) is 0.538. The van der Waals surface area contributed by atoms with Gasteiger partial charge < -0.3 is 16.2 Å². The van der Waals surface area contributed by atoms with E-state index in [2.05, 4.69) is 21.2 Å². The van der Waals surface area contributed by atoms with Gasteiger partial charge in [0.15, 0.2) is 0 Å². The molecule has 0 spiro atoms. The molecule has 1 aromatic rings. The van der Waals surface area contributed by atoms with E-state index >= 15 is 0 Å². The molecule has 94 valence electrons. The van der Waals surface area contributed by atoms with Crippen molar-refractivity contribution in [3.63, 3.8) is 0 Å². The minimum absolute atomic E-state index is 0.120. The second-order valence-corrected chi connectivity index (χ2v) is 5.60. The molecule has 1 aliphatic carbocycles. The third-order valence-electron chi connectivity index (χ3n) is 3.34. The Labute approximate surface area is 111 Å². The van der Waals surface area contributed by atoms with Crippen LogP contribution < -0.4 is 11.1 Å². The van der Waals surface area contributed by atoms with Crippen LogP contribution in [0.1, 0.15) is 32.1 Å². The first kappa shape index (κ1) is 12.7. The summed E-state index contributed by atoms with van der Waals surface area (Å²) in [5.74, 6) is 0. The highest BCUT2D eigenvalue weighted by atomic mass is 79.9. The van der Waals surface area contributed by atoms with Crippen molar-refractivity contribution < 1.29 is 5.11 Å². The largest absolute Gasteiger partial charge is 0.397 e. The molecule has 0 heterocycles. The van der Waals surface area contributed by atoms with Crippen LogP contribution in [0, 0.1) is 0 Å². The zero-order chi connectivity index (χ0) is 12.3. The molecule has 2 rings (SSSR count). The molecule has 1 aromatic carbocycles. The van der Waals surface area contributed by atoms with Gasteiger partial charge in [-0.3, -0.25) is 0 Å². The van der Waals surface area contributed by atoms with E-state index in [4.69, 9.17) is 5.73 Å². The second kappa shape index (κ2) is 5.74. The standard InChI is InChI=1S/C13H19BrN2O/c14-9-6-7-10(15)12(8-9)16-11-4-2-1-3-5-13(11)17/h6-8,11,13,16-17H,1-5,15H2. The molecule has 2 atom stereocenters. The number of halogens is 1. The van der Waals surface area contributed by atoms with Crippen LogP contribution in [0.5, 0.6) is 0 Å². The van der Waals surface area contributed by atoms with E-state index in [0.29, 0.717) is 0 Å². The number of aliphatic hydroxyl groups is 1. The number of hydrogen-bond acceptors (Lipinski definition) is 3. The van der Waals surface area contributed by atoms with Crippen LogP contribution in [0.3, 0.4) is 0 Å². The molecule has 4 heteroatoms. The number of rotatable bonds is 2. The number of hydrogen-bond donors (Lipinski definition) is 3. The summed E-state index contributed by atoms with van der Waals surface area (Å²) in [5.41, 5.74) is 7.56. The highest BCUT2D eigenvalue weighted by Gasteiger charge is 2.21. The summed E-state index contributed by atoms with van der Waals surface area (Å²) in [7, 11) is 0. The SMILES string of the molecule is Nc1ccc(Br)cc1NC1CCCCCC1O. The first-order valence-electron chi connectivity index (χ1n) is 6.16. The average Bonchev–Trinajstić information content (AvgIpc) is 2.50. The van der Waals surface area contributed by atoms with Crippen molar-refractivity contribution in [1.29, 1.82) is 0 Å². The van der Waals surface area contributed by atoms with Crippen molar-refractivity contribution in [2.24, 2.45) is 0 Å². The normalized spacial score (nSPS) is 25.3. The van der Waals surface area contributed by atoms with Gasteiger partial charge in [-0.25, -0.2) is 0 Å². The fourth-order valence-corrected chi connectivity index (χ4v) is 2.67. The molecule has 17 heavy (non-hydrogen) atoms. The average molecular weight is 299 g/mol. The summed E-state index contributed by atoms with van der Waals surface area (Å²) in [5, 5.41) is 13.4. The van der Waals surface area contributed by atoms with Gasteiger partial charge in [0, 0.05) is 4.47 Å². The zero-order valence-electron chi connectivity index (χ0n) is 9.82. The maximum atomic E-state index is 10.1. The Morgan fingerprint density at radius 3 is 2.82 bits per heavy atom. The molecule has 2 unspecified atom stereocenters. The first-order valence-corrected chi connectivity index (χ1v) is 6.96. The second-order valence-electron chi connectivity index (χ2n) is 4.69. The molecular formula is C13H19BrN2O. The molecule has 0 aliphatic heterocycles. The highest BCUT2D eigenvalue weighted by molar-refractivity contribution is 9.10. The van der Waals surface area contributed by atoms with E-state index < -0.39 is 0 Å². The number of anilines is 2. The number of nitrogens with one attached hydrogen (secondary N) is 1. The van der Waals surface area contributed by atoms with Crippen molar-refractivity contribution in [3.05, 3.63) is 22.7 Å². The Bertz CT molecular complexity index is 384. The number of nitrogen functional groups attached to an aromatic ring is 1. The Hall–Kier alpha value is -0.740. The topological polar surface area (TPSA) is 58.3 Å². The van der Waals surface area contributed by atoms with Gasteiger partial charge in [-0.05, 0) is 31.0 Å². The van der Waals surface area contributed by atoms with Gasteiger partial charge in [0.2, 0.25) is 0 Å². The van der Waals surface area contributed by atoms with Crippen molar-refractivity contribution in [3.8, 4) is 0 Å². The van der Waals surface area contributed by atoms with Gasteiger partial charge in [-0.15, -0.1) is 0 Å². The monoisotopic (exact) mass is 298 g/mol. The molecule has 1 aliphatic rings. The van der Waals surface area contributed by atoms with E-state index in [1.54, 1.807) is 0 Å². The van der Waals surface area contributed by atoms with Crippen LogP contribution >= 0.6 is 15.9 Å². The highest BCUT2D eigenvalue weighted by Crippen LogP contribution is 2.27. The lowest BCUT2D eigenvalue weighted by Crippen LogP contribution is -2.32. The predicted octanol–water partition coefficient (Wildman–Crippen LogP) is 3.14. The molecule has 0 radical (unpaired) electrons. The molecule has 0 bridgehead atoms. The summed E-state index contributed by atoms with van der Waals surface area (Å²) >= 11 is 3.43. The number of nitrogens with two attached hydrogens (primary N) is 1. The van der Waals surface area contributed by atoms with E-state index in [9.17, 15) is 5.11 Å². The maximum Gasteiger partial charge on any atom is 0.0741 e. The number of benzene rings is 1. The fourth-order valence-electron chi connectivity index (χ4n) is 2.31. The summed E-state index contributed by atoms with van der Waals surface area (Å²) in [6, 6.07) is 5.88. The molecule has 1 saturated carbocycles. The van der Waals surface area contributed by atoms with Crippen molar-refractivity contribution in [2.75, 3.05) is 11.1 Å². The summed E-state index contributed by atoms with van der Waals surface area (Å²) in [6.07, 6.45) is 5.12. The Balaban J connectivity index is 2.10. The van der Waals surface area contributed by atoms with Crippen molar-refractivity contribution >= 4 is 27.3 Å². The number of aliphatic hydroxyl groups excluding tert-OH is 1. The molecule has 0 aromatic heterocycles. The van der Waals surface area contributed by atoms with E-state index in [-0.39, 0.29) is 12.1 Å². The minimum atomic E-state index is -0.268.